The van der Waals surface area contributed by atoms with Crippen molar-refractivity contribution in [3.8, 4) is 11.4 Å². The third-order valence-electron chi connectivity index (χ3n) is 3.22. The molecule has 1 aliphatic rings. The molecule has 1 amide bonds. The van der Waals surface area contributed by atoms with E-state index in [1.54, 1.807) is 6.07 Å². The number of nitrogens with one attached hydrogen (secondary N) is 1. The van der Waals surface area contributed by atoms with Gasteiger partial charge >= 0.3 is 11.6 Å². The average molecular weight is 280 g/mol. The number of benzene rings is 1. The number of H-pyrrole nitrogens is 1. The van der Waals surface area contributed by atoms with E-state index < -0.39 is 11.6 Å². The predicted molar refractivity (Wildman–Crippen MR) is 73.3 cm³/mol. The molecule has 0 atom stereocenters. The highest BCUT2D eigenvalue weighted by Gasteiger charge is 2.30. The molecule has 4 rings (SSSR count). The zero-order valence-corrected chi connectivity index (χ0v) is 10.6. The number of hydrogen-bond acceptors (Lipinski definition) is 4. The van der Waals surface area contributed by atoms with E-state index in [-0.39, 0.29) is 11.6 Å². The Morgan fingerprint density at radius 3 is 2.71 bits per heavy atom. The number of hydrogen-bond donors (Lipinski definition) is 1. The van der Waals surface area contributed by atoms with Crippen molar-refractivity contribution < 1.29 is 9.21 Å². The van der Waals surface area contributed by atoms with Crippen molar-refractivity contribution in [3.05, 3.63) is 64.5 Å². The topological polar surface area (TPSA) is 93.2 Å². The first-order valence-corrected chi connectivity index (χ1v) is 6.20. The number of aromatic nitrogens is 3. The van der Waals surface area contributed by atoms with E-state index in [1.807, 2.05) is 30.3 Å². The predicted octanol–water partition coefficient (Wildman–Crippen LogP) is 1.28. The van der Waals surface area contributed by atoms with Gasteiger partial charge in [0, 0.05) is 5.56 Å². The zero-order valence-electron chi connectivity index (χ0n) is 10.6. The molecule has 0 fully saturated rings. The molecule has 7 nitrogen and oxygen atoms in total. The number of aliphatic imine (C=N–C) groups is 1. The van der Waals surface area contributed by atoms with Gasteiger partial charge in [-0.15, -0.1) is 0 Å². The maximum Gasteiger partial charge on any atom is 0.349 e. The van der Waals surface area contributed by atoms with Gasteiger partial charge in [-0.2, -0.15) is 10.1 Å². The van der Waals surface area contributed by atoms with Crippen molar-refractivity contribution in [1.29, 1.82) is 0 Å². The van der Waals surface area contributed by atoms with Crippen molar-refractivity contribution in [3.63, 3.8) is 0 Å². The van der Waals surface area contributed by atoms with Crippen molar-refractivity contribution in [1.82, 2.24) is 14.8 Å². The van der Waals surface area contributed by atoms with Crippen LogP contribution in [0, 0.1) is 0 Å². The smallest absolute Gasteiger partial charge is 0.349 e. The molecule has 0 saturated carbocycles. The minimum Gasteiger partial charge on any atom is -0.458 e. The third-order valence-corrected chi connectivity index (χ3v) is 3.22. The molecule has 0 spiro atoms. The number of rotatable bonds is 1. The molecule has 3 aromatic rings. The second kappa shape index (κ2) is 4.14. The Bertz CT molecular complexity index is 931. The first-order valence-electron chi connectivity index (χ1n) is 6.20. The summed E-state index contributed by atoms with van der Waals surface area (Å²) in [6.45, 7) is 0. The molecular weight excluding hydrogens is 272 g/mol. The number of amides is 1. The van der Waals surface area contributed by atoms with Gasteiger partial charge in [0.05, 0.1) is 11.8 Å². The van der Waals surface area contributed by atoms with Gasteiger partial charge in [0.1, 0.15) is 0 Å². The molecule has 1 N–H and O–H groups in total. The Kier molecular flexibility index (Phi) is 2.28. The fraction of sp³-hybridized carbons (Fsp3) is 0. The van der Waals surface area contributed by atoms with E-state index in [4.69, 9.17) is 4.42 Å². The normalized spacial score (nSPS) is 13.3. The molecule has 102 valence electrons. The summed E-state index contributed by atoms with van der Waals surface area (Å²) in [5.74, 6) is 0.247. The summed E-state index contributed by atoms with van der Waals surface area (Å²) in [5, 5.41) is 6.40. The van der Waals surface area contributed by atoms with E-state index in [1.165, 1.54) is 10.8 Å². The van der Waals surface area contributed by atoms with E-state index in [2.05, 4.69) is 15.2 Å². The molecule has 1 aromatic carbocycles. The molecule has 0 radical (unpaired) electrons. The summed E-state index contributed by atoms with van der Waals surface area (Å²) < 4.78 is 6.36. The molecule has 0 bridgehead atoms. The maximum absolute atomic E-state index is 12.1. The van der Waals surface area contributed by atoms with Gasteiger partial charge in [0.2, 0.25) is 5.76 Å². The molecule has 0 saturated heterocycles. The Balaban J connectivity index is 1.96. The van der Waals surface area contributed by atoms with Crippen LogP contribution in [0.15, 0.2) is 56.9 Å². The standard InChI is InChI=1S/C14H8N4O3/c19-13-10-9(6-7-21-10)12(15-13)18-11(16-17-14(18)20)8-4-2-1-3-5-8/h1-7H,(H,17,20). The van der Waals surface area contributed by atoms with Gasteiger partial charge in [0.25, 0.3) is 0 Å². The maximum atomic E-state index is 12.1. The summed E-state index contributed by atoms with van der Waals surface area (Å²) in [6, 6.07) is 10.8. The van der Waals surface area contributed by atoms with Gasteiger partial charge in [-0.05, 0) is 6.07 Å². The highest BCUT2D eigenvalue weighted by Crippen LogP contribution is 2.23. The number of nitrogens with zero attached hydrogens (tertiary/aromatic N) is 3. The number of carbonyl (C=O) groups is 1. The van der Waals surface area contributed by atoms with Gasteiger partial charge in [-0.1, -0.05) is 30.3 Å². The van der Waals surface area contributed by atoms with Crippen molar-refractivity contribution in [2.45, 2.75) is 0 Å². The van der Waals surface area contributed by atoms with Crippen LogP contribution in [0.1, 0.15) is 16.1 Å². The number of aromatic amines is 1. The van der Waals surface area contributed by atoms with Gasteiger partial charge in [-0.25, -0.2) is 14.5 Å². The van der Waals surface area contributed by atoms with Crippen LogP contribution in [0.5, 0.6) is 0 Å². The second-order valence-corrected chi connectivity index (χ2v) is 4.46. The summed E-state index contributed by atoms with van der Waals surface area (Å²) in [5.41, 5.74) is 0.762. The zero-order chi connectivity index (χ0) is 14.4. The molecular formula is C14H8N4O3. The monoisotopic (exact) mass is 280 g/mol. The average Bonchev–Trinajstić information content (AvgIpc) is 3.18. The quantitative estimate of drug-likeness (QED) is 0.726. The summed E-state index contributed by atoms with van der Waals surface area (Å²) in [7, 11) is 0. The number of fused-ring (bicyclic) bond motifs is 1. The van der Waals surface area contributed by atoms with E-state index in [0.717, 1.165) is 5.56 Å². The Morgan fingerprint density at radius 2 is 1.90 bits per heavy atom. The van der Waals surface area contributed by atoms with Crippen LogP contribution >= 0.6 is 0 Å². The van der Waals surface area contributed by atoms with E-state index in [0.29, 0.717) is 11.4 Å². The van der Waals surface area contributed by atoms with Crippen LogP contribution < -0.4 is 5.69 Å². The van der Waals surface area contributed by atoms with E-state index in [9.17, 15) is 9.59 Å². The van der Waals surface area contributed by atoms with Crippen LogP contribution in [-0.4, -0.2) is 26.5 Å². The van der Waals surface area contributed by atoms with E-state index >= 15 is 0 Å². The minimum atomic E-state index is -0.503. The van der Waals surface area contributed by atoms with Gasteiger partial charge in [-0.3, -0.25) is 4.79 Å². The lowest BCUT2D eigenvalue weighted by molar-refractivity contribution is 0.0981. The largest absolute Gasteiger partial charge is 0.458 e. The molecule has 0 unspecified atom stereocenters. The fourth-order valence-electron chi connectivity index (χ4n) is 2.30. The Labute approximate surface area is 117 Å². The first-order chi connectivity index (χ1) is 10.3. The lowest BCUT2D eigenvalue weighted by Crippen LogP contribution is -2.25. The second-order valence-electron chi connectivity index (χ2n) is 4.46. The fourth-order valence-corrected chi connectivity index (χ4v) is 2.30. The van der Waals surface area contributed by atoms with Crippen molar-refractivity contribution in [2.75, 3.05) is 0 Å². The molecule has 21 heavy (non-hydrogen) atoms. The first kappa shape index (κ1) is 11.6. The number of carbonyl (C=O) groups excluding carboxylic acids is 1. The van der Waals surface area contributed by atoms with Gasteiger partial charge < -0.3 is 4.42 Å². The lowest BCUT2D eigenvalue weighted by Gasteiger charge is -2.04. The van der Waals surface area contributed by atoms with Crippen LogP contribution in [0.4, 0.5) is 0 Å². The van der Waals surface area contributed by atoms with Crippen molar-refractivity contribution in [2.24, 2.45) is 4.99 Å². The number of furan rings is 1. The van der Waals surface area contributed by atoms with Crippen LogP contribution in [0.2, 0.25) is 0 Å². The highest BCUT2D eigenvalue weighted by molar-refractivity contribution is 6.20. The molecule has 1 aliphatic heterocycles. The summed E-state index contributed by atoms with van der Waals surface area (Å²) >= 11 is 0. The summed E-state index contributed by atoms with van der Waals surface area (Å²) in [6.07, 6.45) is 1.39. The lowest BCUT2D eigenvalue weighted by atomic mass is 10.2. The Morgan fingerprint density at radius 1 is 1.10 bits per heavy atom. The summed E-state index contributed by atoms with van der Waals surface area (Å²) in [4.78, 5) is 27.7. The highest BCUT2D eigenvalue weighted by atomic mass is 16.3. The SMILES string of the molecule is O=C1N=C(n2c(-c3ccccc3)n[nH]c2=O)c2ccoc21. The van der Waals surface area contributed by atoms with Crippen LogP contribution in [-0.2, 0) is 0 Å². The van der Waals surface area contributed by atoms with Gasteiger partial charge in [0.15, 0.2) is 11.7 Å². The molecule has 0 aliphatic carbocycles. The molecule has 7 heteroatoms. The van der Waals surface area contributed by atoms with Crippen LogP contribution in [0.3, 0.4) is 0 Å². The molecule has 2 aromatic heterocycles. The Hall–Kier alpha value is -3.22. The van der Waals surface area contributed by atoms with Crippen LogP contribution in [0.25, 0.3) is 11.4 Å². The minimum absolute atomic E-state index is 0.136. The third kappa shape index (κ3) is 1.61. The molecule has 3 heterocycles. The van der Waals surface area contributed by atoms with Crippen molar-refractivity contribution >= 4 is 11.7 Å².